The molecule has 0 radical (unpaired) electrons. The van der Waals surface area contributed by atoms with Gasteiger partial charge in [0.15, 0.2) is 0 Å². The van der Waals surface area contributed by atoms with Crippen LogP contribution >= 0.6 is 11.6 Å². The average Bonchev–Trinajstić information content (AvgIpc) is 2.40. The van der Waals surface area contributed by atoms with Crippen molar-refractivity contribution in [1.82, 2.24) is 0 Å². The number of aryl methyl sites for hydroxylation is 1. The summed E-state index contributed by atoms with van der Waals surface area (Å²) in [4.78, 5) is 0. The lowest BCUT2D eigenvalue weighted by atomic mass is 10.1. The molecule has 2 rings (SSSR count). The van der Waals surface area contributed by atoms with Crippen LogP contribution in [0.15, 0.2) is 48.5 Å². The molecule has 0 amide bonds. The van der Waals surface area contributed by atoms with Gasteiger partial charge in [0.05, 0.1) is 12.7 Å². The summed E-state index contributed by atoms with van der Waals surface area (Å²) in [6.45, 7) is 3.04. The molecular weight excluding hydrogens is 258 g/mol. The lowest BCUT2D eigenvalue weighted by molar-refractivity contribution is 0.0456. The van der Waals surface area contributed by atoms with Gasteiger partial charge in [0.1, 0.15) is 0 Å². The van der Waals surface area contributed by atoms with Crippen molar-refractivity contribution in [1.29, 1.82) is 0 Å². The van der Waals surface area contributed by atoms with Gasteiger partial charge >= 0.3 is 0 Å². The van der Waals surface area contributed by atoms with Crippen molar-refractivity contribution >= 4 is 11.6 Å². The van der Waals surface area contributed by atoms with E-state index in [1.807, 2.05) is 36.4 Å². The third-order valence-electron chi connectivity index (χ3n) is 2.97. The largest absolute Gasteiger partial charge is 0.368 e. The van der Waals surface area contributed by atoms with E-state index in [0.29, 0.717) is 13.2 Å². The molecule has 1 atom stereocenters. The lowest BCUT2D eigenvalue weighted by Gasteiger charge is -2.17. The van der Waals surface area contributed by atoms with E-state index < -0.39 is 0 Å². The van der Waals surface area contributed by atoms with Gasteiger partial charge in [0, 0.05) is 11.6 Å². The fourth-order valence-electron chi connectivity index (χ4n) is 1.99. The number of rotatable bonds is 5. The molecule has 3 heteroatoms. The van der Waals surface area contributed by atoms with Crippen LogP contribution in [0, 0.1) is 6.92 Å². The lowest BCUT2D eigenvalue weighted by Crippen LogP contribution is -2.16. The zero-order valence-electron chi connectivity index (χ0n) is 11.0. The van der Waals surface area contributed by atoms with E-state index in [-0.39, 0.29) is 6.10 Å². The van der Waals surface area contributed by atoms with Crippen molar-refractivity contribution in [2.75, 3.05) is 6.54 Å². The van der Waals surface area contributed by atoms with Gasteiger partial charge < -0.3 is 10.5 Å². The van der Waals surface area contributed by atoms with Crippen LogP contribution in [0.4, 0.5) is 0 Å². The Balaban J connectivity index is 2.04. The van der Waals surface area contributed by atoms with Crippen LogP contribution in [-0.4, -0.2) is 6.54 Å². The topological polar surface area (TPSA) is 35.2 Å². The van der Waals surface area contributed by atoms with Gasteiger partial charge in [-0.2, -0.15) is 0 Å². The first-order chi connectivity index (χ1) is 9.19. The highest BCUT2D eigenvalue weighted by Gasteiger charge is 2.10. The Labute approximate surface area is 119 Å². The zero-order chi connectivity index (χ0) is 13.7. The van der Waals surface area contributed by atoms with Crippen molar-refractivity contribution in [3.8, 4) is 0 Å². The highest BCUT2D eigenvalue weighted by Crippen LogP contribution is 2.20. The Hall–Kier alpha value is -1.35. The van der Waals surface area contributed by atoms with Crippen LogP contribution < -0.4 is 5.73 Å². The summed E-state index contributed by atoms with van der Waals surface area (Å²) in [5, 5.41) is 0.723. The van der Waals surface area contributed by atoms with Gasteiger partial charge in [-0.1, -0.05) is 53.6 Å². The molecular formula is C16H18ClNO. The molecule has 1 unspecified atom stereocenters. The van der Waals surface area contributed by atoms with Crippen molar-refractivity contribution in [3.05, 3.63) is 70.2 Å². The molecule has 0 fully saturated rings. The molecule has 2 N–H and O–H groups in total. The molecule has 2 nitrogen and oxygen atoms in total. The minimum Gasteiger partial charge on any atom is -0.368 e. The SMILES string of the molecule is Cc1cccc(C(CN)OCc2cccc(Cl)c2)c1. The van der Waals surface area contributed by atoms with E-state index in [0.717, 1.165) is 16.1 Å². The number of hydrogen-bond acceptors (Lipinski definition) is 2. The van der Waals surface area contributed by atoms with E-state index >= 15 is 0 Å². The number of halogens is 1. The van der Waals surface area contributed by atoms with Gasteiger partial charge in [0.25, 0.3) is 0 Å². The molecule has 0 saturated carbocycles. The first-order valence-electron chi connectivity index (χ1n) is 6.31. The van der Waals surface area contributed by atoms with Gasteiger partial charge in [-0.3, -0.25) is 0 Å². The first-order valence-corrected chi connectivity index (χ1v) is 6.69. The highest BCUT2D eigenvalue weighted by molar-refractivity contribution is 6.30. The minimum atomic E-state index is -0.0844. The normalized spacial score (nSPS) is 12.4. The molecule has 0 saturated heterocycles. The summed E-state index contributed by atoms with van der Waals surface area (Å²) in [6, 6.07) is 15.9. The number of benzene rings is 2. The van der Waals surface area contributed by atoms with E-state index in [9.17, 15) is 0 Å². The van der Waals surface area contributed by atoms with Crippen molar-refractivity contribution in [3.63, 3.8) is 0 Å². The molecule has 0 bridgehead atoms. The maximum absolute atomic E-state index is 5.95. The van der Waals surface area contributed by atoms with E-state index in [1.54, 1.807) is 0 Å². The third kappa shape index (κ3) is 4.06. The summed E-state index contributed by atoms with van der Waals surface area (Å²) in [5.74, 6) is 0. The summed E-state index contributed by atoms with van der Waals surface area (Å²) >= 11 is 5.95. The van der Waals surface area contributed by atoms with Crippen LogP contribution in [-0.2, 0) is 11.3 Å². The fraction of sp³-hybridized carbons (Fsp3) is 0.250. The van der Waals surface area contributed by atoms with E-state index in [1.165, 1.54) is 5.56 Å². The highest BCUT2D eigenvalue weighted by atomic mass is 35.5. The molecule has 0 aromatic heterocycles. The van der Waals surface area contributed by atoms with Gasteiger partial charge in [0.2, 0.25) is 0 Å². The van der Waals surface area contributed by atoms with E-state index in [2.05, 4.69) is 19.1 Å². The summed E-state index contributed by atoms with van der Waals surface area (Å²) < 4.78 is 5.89. The molecule has 0 spiro atoms. The second-order valence-corrected chi connectivity index (χ2v) is 5.02. The van der Waals surface area contributed by atoms with Crippen molar-refractivity contribution < 1.29 is 4.74 Å². The number of hydrogen-bond donors (Lipinski definition) is 1. The zero-order valence-corrected chi connectivity index (χ0v) is 11.7. The van der Waals surface area contributed by atoms with Crippen LogP contribution in [0.1, 0.15) is 22.8 Å². The monoisotopic (exact) mass is 275 g/mol. The smallest absolute Gasteiger partial charge is 0.0951 e. The van der Waals surface area contributed by atoms with Crippen LogP contribution in [0.5, 0.6) is 0 Å². The Morgan fingerprint density at radius 2 is 1.95 bits per heavy atom. The third-order valence-corrected chi connectivity index (χ3v) is 3.20. The Kier molecular flexibility index (Phi) is 4.97. The second kappa shape index (κ2) is 6.71. The first kappa shape index (κ1) is 14.1. The molecule has 2 aromatic carbocycles. The Morgan fingerprint density at radius 1 is 1.16 bits per heavy atom. The molecule has 19 heavy (non-hydrogen) atoms. The average molecular weight is 276 g/mol. The predicted molar refractivity (Wildman–Crippen MR) is 79.2 cm³/mol. The van der Waals surface area contributed by atoms with Crippen LogP contribution in [0.2, 0.25) is 5.02 Å². The second-order valence-electron chi connectivity index (χ2n) is 4.58. The molecule has 0 aliphatic rings. The number of ether oxygens (including phenoxy) is 1. The molecule has 0 aliphatic carbocycles. The fourth-order valence-corrected chi connectivity index (χ4v) is 2.21. The van der Waals surface area contributed by atoms with Crippen molar-refractivity contribution in [2.24, 2.45) is 5.73 Å². The maximum atomic E-state index is 5.95. The number of nitrogens with two attached hydrogens (primary N) is 1. The Bertz CT molecular complexity index is 542. The van der Waals surface area contributed by atoms with Crippen molar-refractivity contribution in [2.45, 2.75) is 19.6 Å². The standard InChI is InChI=1S/C16H18ClNO/c1-12-4-2-6-14(8-12)16(10-18)19-11-13-5-3-7-15(17)9-13/h2-9,16H,10-11,18H2,1H3. The van der Waals surface area contributed by atoms with Crippen LogP contribution in [0.25, 0.3) is 0 Å². The quantitative estimate of drug-likeness (QED) is 0.899. The van der Waals surface area contributed by atoms with Gasteiger partial charge in [-0.05, 0) is 30.2 Å². The van der Waals surface area contributed by atoms with Gasteiger partial charge in [-0.15, -0.1) is 0 Å². The molecule has 2 aromatic rings. The molecule has 0 aliphatic heterocycles. The summed E-state index contributed by atoms with van der Waals surface area (Å²) in [5.41, 5.74) is 9.18. The molecule has 100 valence electrons. The minimum absolute atomic E-state index is 0.0844. The summed E-state index contributed by atoms with van der Waals surface area (Å²) in [7, 11) is 0. The van der Waals surface area contributed by atoms with Crippen LogP contribution in [0.3, 0.4) is 0 Å². The maximum Gasteiger partial charge on any atom is 0.0951 e. The summed E-state index contributed by atoms with van der Waals surface area (Å²) in [6.07, 6.45) is -0.0844. The van der Waals surface area contributed by atoms with Gasteiger partial charge in [-0.25, -0.2) is 0 Å². The Morgan fingerprint density at radius 3 is 2.63 bits per heavy atom. The van der Waals surface area contributed by atoms with E-state index in [4.69, 9.17) is 22.1 Å². The predicted octanol–water partition coefficient (Wildman–Crippen LogP) is 3.87. The molecule has 0 heterocycles.